The molecule has 0 radical (unpaired) electrons. The molecule has 2 aromatic rings. The molecule has 0 saturated heterocycles. The van der Waals surface area contributed by atoms with Crippen LogP contribution in [-0.4, -0.2) is 18.1 Å². The van der Waals surface area contributed by atoms with Crippen LogP contribution in [0.3, 0.4) is 0 Å². The number of benzene rings is 2. The van der Waals surface area contributed by atoms with Crippen LogP contribution in [-0.2, 0) is 0 Å². The first-order valence-corrected chi connectivity index (χ1v) is 6.27. The van der Waals surface area contributed by atoms with E-state index in [2.05, 4.69) is 0 Å². The van der Waals surface area contributed by atoms with E-state index in [1.165, 1.54) is 23.1 Å². The maximum absolute atomic E-state index is 12.3. The standard InChI is InChI=1S/C14H11Cl2NO2/c1-17(10-3-2-4-11(18)8-10)14(19)12-7-9(15)5-6-13(12)16/h2-8,18H,1H3. The third-order valence-electron chi connectivity index (χ3n) is 2.68. The molecule has 0 fully saturated rings. The quantitative estimate of drug-likeness (QED) is 0.910. The molecule has 19 heavy (non-hydrogen) atoms. The average molecular weight is 296 g/mol. The second kappa shape index (κ2) is 5.51. The highest BCUT2D eigenvalue weighted by Gasteiger charge is 2.17. The fourth-order valence-electron chi connectivity index (χ4n) is 1.66. The number of hydrogen-bond donors (Lipinski definition) is 1. The molecule has 0 unspecified atom stereocenters. The van der Waals surface area contributed by atoms with Gasteiger partial charge in [0.15, 0.2) is 0 Å². The molecule has 0 aromatic heterocycles. The Bertz CT molecular complexity index is 629. The molecule has 3 nitrogen and oxygen atoms in total. The van der Waals surface area contributed by atoms with Crippen LogP contribution in [0.25, 0.3) is 0 Å². The highest BCUT2D eigenvalue weighted by molar-refractivity contribution is 6.36. The highest BCUT2D eigenvalue weighted by atomic mass is 35.5. The number of halogens is 2. The first kappa shape index (κ1) is 13.7. The van der Waals surface area contributed by atoms with Crippen LogP contribution in [0.1, 0.15) is 10.4 Å². The van der Waals surface area contributed by atoms with E-state index in [1.54, 1.807) is 31.3 Å². The van der Waals surface area contributed by atoms with Crippen LogP contribution in [0.15, 0.2) is 42.5 Å². The van der Waals surface area contributed by atoms with Crippen molar-refractivity contribution in [3.63, 3.8) is 0 Å². The van der Waals surface area contributed by atoms with Crippen molar-refractivity contribution in [2.24, 2.45) is 0 Å². The molecule has 0 aliphatic heterocycles. The third-order valence-corrected chi connectivity index (χ3v) is 3.25. The molecule has 0 aliphatic carbocycles. The number of rotatable bonds is 2. The first-order chi connectivity index (χ1) is 8.99. The minimum Gasteiger partial charge on any atom is -0.508 e. The molecule has 0 bridgehead atoms. The summed E-state index contributed by atoms with van der Waals surface area (Å²) in [5.74, 6) is -0.201. The molecule has 5 heteroatoms. The van der Waals surface area contributed by atoms with Crippen LogP contribution in [0.4, 0.5) is 5.69 Å². The summed E-state index contributed by atoms with van der Waals surface area (Å²) in [4.78, 5) is 13.7. The molecule has 1 amide bonds. The van der Waals surface area contributed by atoms with Gasteiger partial charge in [0.2, 0.25) is 0 Å². The number of carbonyl (C=O) groups is 1. The smallest absolute Gasteiger partial charge is 0.259 e. The summed E-state index contributed by atoms with van der Waals surface area (Å²) >= 11 is 11.9. The zero-order valence-electron chi connectivity index (χ0n) is 10.1. The van der Waals surface area contributed by atoms with Crippen LogP contribution >= 0.6 is 23.2 Å². The number of phenols is 1. The van der Waals surface area contributed by atoms with E-state index in [4.69, 9.17) is 23.2 Å². The van der Waals surface area contributed by atoms with Gasteiger partial charge in [-0.3, -0.25) is 4.79 Å². The summed E-state index contributed by atoms with van der Waals surface area (Å²) in [5, 5.41) is 10.2. The lowest BCUT2D eigenvalue weighted by atomic mass is 10.2. The second-order valence-corrected chi connectivity index (χ2v) is 4.85. The van der Waals surface area contributed by atoms with Gasteiger partial charge >= 0.3 is 0 Å². The van der Waals surface area contributed by atoms with Gasteiger partial charge in [0, 0.05) is 23.8 Å². The van der Waals surface area contributed by atoms with Crippen molar-refractivity contribution in [2.75, 3.05) is 11.9 Å². The van der Waals surface area contributed by atoms with E-state index in [9.17, 15) is 9.90 Å². The van der Waals surface area contributed by atoms with Crippen LogP contribution in [0.2, 0.25) is 10.0 Å². The zero-order chi connectivity index (χ0) is 14.0. The van der Waals surface area contributed by atoms with E-state index in [1.807, 2.05) is 0 Å². The molecule has 0 aliphatic rings. The van der Waals surface area contributed by atoms with Gasteiger partial charge < -0.3 is 10.0 Å². The van der Waals surface area contributed by atoms with Gasteiger partial charge in [0.25, 0.3) is 5.91 Å². The Kier molecular flexibility index (Phi) is 3.98. The molecular formula is C14H11Cl2NO2. The van der Waals surface area contributed by atoms with Crippen LogP contribution in [0, 0.1) is 0 Å². The Morgan fingerprint density at radius 2 is 1.89 bits per heavy atom. The summed E-state index contributed by atoms with van der Waals surface area (Å²) in [6.07, 6.45) is 0. The molecular weight excluding hydrogens is 285 g/mol. The third kappa shape index (κ3) is 3.00. The molecule has 0 atom stereocenters. The van der Waals surface area contributed by atoms with Crippen molar-refractivity contribution in [2.45, 2.75) is 0 Å². The van der Waals surface area contributed by atoms with Gasteiger partial charge in [-0.1, -0.05) is 29.3 Å². The predicted molar refractivity (Wildman–Crippen MR) is 77.3 cm³/mol. The fraction of sp³-hybridized carbons (Fsp3) is 0.0714. The van der Waals surface area contributed by atoms with Gasteiger partial charge in [-0.15, -0.1) is 0 Å². The molecule has 1 N–H and O–H groups in total. The van der Waals surface area contributed by atoms with Gasteiger partial charge in [0.05, 0.1) is 10.6 Å². The SMILES string of the molecule is CN(C(=O)c1cc(Cl)ccc1Cl)c1cccc(O)c1. The molecule has 98 valence electrons. The van der Waals surface area contributed by atoms with Crippen molar-refractivity contribution in [3.05, 3.63) is 58.1 Å². The van der Waals surface area contributed by atoms with Gasteiger partial charge in [-0.25, -0.2) is 0 Å². The maximum Gasteiger partial charge on any atom is 0.259 e. The molecule has 0 saturated carbocycles. The highest BCUT2D eigenvalue weighted by Crippen LogP contribution is 2.25. The summed E-state index contributed by atoms with van der Waals surface area (Å²) in [7, 11) is 1.61. The van der Waals surface area contributed by atoms with E-state index >= 15 is 0 Å². The van der Waals surface area contributed by atoms with Crippen molar-refractivity contribution >= 4 is 34.8 Å². The second-order valence-electron chi connectivity index (χ2n) is 4.01. The molecule has 0 spiro atoms. The lowest BCUT2D eigenvalue weighted by Crippen LogP contribution is -2.26. The largest absolute Gasteiger partial charge is 0.508 e. The van der Waals surface area contributed by atoms with E-state index in [-0.39, 0.29) is 11.7 Å². The van der Waals surface area contributed by atoms with E-state index in [0.29, 0.717) is 21.3 Å². The first-order valence-electron chi connectivity index (χ1n) is 5.51. The number of hydrogen-bond acceptors (Lipinski definition) is 2. The Labute approximate surface area is 121 Å². The summed E-state index contributed by atoms with van der Waals surface area (Å²) in [6, 6.07) is 11.1. The molecule has 0 heterocycles. The number of carbonyl (C=O) groups excluding carboxylic acids is 1. The van der Waals surface area contributed by atoms with Gasteiger partial charge in [-0.2, -0.15) is 0 Å². The number of phenolic OH excluding ortho intramolecular Hbond substituents is 1. The number of anilines is 1. The van der Waals surface area contributed by atoms with Crippen molar-refractivity contribution < 1.29 is 9.90 Å². The minimum atomic E-state index is -0.293. The Balaban J connectivity index is 2.36. The van der Waals surface area contributed by atoms with Crippen molar-refractivity contribution in [1.29, 1.82) is 0 Å². The lowest BCUT2D eigenvalue weighted by molar-refractivity contribution is 0.0993. The average Bonchev–Trinajstić information content (AvgIpc) is 2.40. The van der Waals surface area contributed by atoms with Crippen molar-refractivity contribution in [1.82, 2.24) is 0 Å². The Hall–Kier alpha value is -1.71. The monoisotopic (exact) mass is 295 g/mol. The van der Waals surface area contributed by atoms with Gasteiger partial charge in [-0.05, 0) is 30.3 Å². The number of aromatic hydroxyl groups is 1. The Morgan fingerprint density at radius 1 is 1.16 bits per heavy atom. The maximum atomic E-state index is 12.3. The van der Waals surface area contributed by atoms with Crippen LogP contribution < -0.4 is 4.90 Å². The zero-order valence-corrected chi connectivity index (χ0v) is 11.6. The predicted octanol–water partition coefficient (Wildman–Crippen LogP) is 3.98. The molecule has 2 rings (SSSR count). The molecule has 2 aromatic carbocycles. The van der Waals surface area contributed by atoms with Crippen LogP contribution in [0.5, 0.6) is 5.75 Å². The topological polar surface area (TPSA) is 40.5 Å². The Morgan fingerprint density at radius 3 is 2.58 bits per heavy atom. The van der Waals surface area contributed by atoms with E-state index in [0.717, 1.165) is 0 Å². The summed E-state index contributed by atoms with van der Waals surface area (Å²) < 4.78 is 0. The van der Waals surface area contributed by atoms with Gasteiger partial charge in [0.1, 0.15) is 5.75 Å². The summed E-state index contributed by atoms with van der Waals surface area (Å²) in [5.41, 5.74) is 0.890. The summed E-state index contributed by atoms with van der Waals surface area (Å²) in [6.45, 7) is 0. The lowest BCUT2D eigenvalue weighted by Gasteiger charge is -2.18. The number of nitrogens with zero attached hydrogens (tertiary/aromatic N) is 1. The fourth-order valence-corrected chi connectivity index (χ4v) is 2.03. The minimum absolute atomic E-state index is 0.0920. The normalized spacial score (nSPS) is 10.3. The van der Waals surface area contributed by atoms with Crippen molar-refractivity contribution in [3.8, 4) is 5.75 Å². The number of amides is 1. The van der Waals surface area contributed by atoms with E-state index < -0.39 is 0 Å².